The molecule has 0 aromatic heterocycles. The van der Waals surface area contributed by atoms with E-state index in [-0.39, 0.29) is 16.8 Å². The van der Waals surface area contributed by atoms with Gasteiger partial charge in [-0.1, -0.05) is 35.0 Å². The van der Waals surface area contributed by atoms with Crippen molar-refractivity contribution in [3.05, 3.63) is 28.2 Å². The van der Waals surface area contributed by atoms with Gasteiger partial charge in [0, 0.05) is 10.3 Å². The molecule has 2 aliphatic heterocycles. The monoisotopic (exact) mass is 452 g/mol. The molecule has 146 valence electrons. The second-order valence-corrected chi connectivity index (χ2v) is 10.1. The fourth-order valence-corrected chi connectivity index (χ4v) is 7.31. The highest BCUT2D eigenvalue weighted by Crippen LogP contribution is 2.43. The van der Waals surface area contributed by atoms with Crippen LogP contribution in [0.1, 0.15) is 0 Å². The van der Waals surface area contributed by atoms with Crippen LogP contribution in [0.25, 0.3) is 0 Å². The molecule has 2 aliphatic rings. The summed E-state index contributed by atoms with van der Waals surface area (Å²) in [6.45, 7) is -1.11. The zero-order valence-corrected chi connectivity index (χ0v) is 16.8. The van der Waals surface area contributed by atoms with Crippen molar-refractivity contribution in [2.45, 2.75) is 11.3 Å². The Kier molecular flexibility index (Phi) is 6.02. The number of amides is 1. The van der Waals surface area contributed by atoms with Crippen LogP contribution >= 0.6 is 35.0 Å². The molecule has 1 aromatic carbocycles. The van der Waals surface area contributed by atoms with Crippen molar-refractivity contribution in [3.8, 4) is 0 Å². The molecule has 2 saturated heterocycles. The average Bonchev–Trinajstić information content (AvgIpc) is 2.98. The van der Waals surface area contributed by atoms with Gasteiger partial charge in [0.1, 0.15) is 13.2 Å². The zero-order chi connectivity index (χ0) is 19.8. The van der Waals surface area contributed by atoms with Gasteiger partial charge in [-0.05, 0) is 18.2 Å². The van der Waals surface area contributed by atoms with E-state index in [2.05, 4.69) is 4.99 Å². The average molecular weight is 453 g/mol. The van der Waals surface area contributed by atoms with Crippen LogP contribution in [0.2, 0.25) is 10.0 Å². The number of anilines is 1. The molecule has 3 rings (SSSR count). The van der Waals surface area contributed by atoms with Crippen LogP contribution in [-0.2, 0) is 24.2 Å². The summed E-state index contributed by atoms with van der Waals surface area (Å²) in [6.07, 6.45) is 0. The van der Waals surface area contributed by atoms with Crippen LogP contribution in [0.5, 0.6) is 0 Å². The van der Waals surface area contributed by atoms with Gasteiger partial charge in [0.2, 0.25) is 0 Å². The Hall–Kier alpha value is -1.33. The Morgan fingerprint density at radius 3 is 2.70 bits per heavy atom. The molecule has 27 heavy (non-hydrogen) atoms. The molecule has 0 spiro atoms. The summed E-state index contributed by atoms with van der Waals surface area (Å²) in [5.74, 6) is -1.96. The number of carboxylic acids is 1. The Morgan fingerprint density at radius 2 is 2.04 bits per heavy atom. The van der Waals surface area contributed by atoms with Crippen molar-refractivity contribution < 1.29 is 27.9 Å². The van der Waals surface area contributed by atoms with E-state index in [4.69, 9.17) is 33.0 Å². The molecule has 0 saturated carbocycles. The van der Waals surface area contributed by atoms with E-state index in [1.807, 2.05) is 0 Å². The number of aliphatic imine (C=N–C) groups is 1. The van der Waals surface area contributed by atoms with Crippen molar-refractivity contribution in [2.75, 3.05) is 29.6 Å². The van der Waals surface area contributed by atoms with E-state index < -0.39 is 41.0 Å². The molecule has 2 heterocycles. The fourth-order valence-electron chi connectivity index (χ4n) is 2.89. The van der Waals surface area contributed by atoms with Crippen molar-refractivity contribution >= 4 is 67.5 Å². The van der Waals surface area contributed by atoms with Gasteiger partial charge >= 0.3 is 5.97 Å². The van der Waals surface area contributed by atoms with E-state index in [1.54, 1.807) is 17.0 Å². The lowest BCUT2D eigenvalue weighted by molar-refractivity contribution is -0.143. The topological polar surface area (TPSA) is 113 Å². The van der Waals surface area contributed by atoms with E-state index >= 15 is 0 Å². The second-order valence-electron chi connectivity index (χ2n) is 5.94. The number of thioether (sulfide) groups is 1. The Labute approximate surface area is 169 Å². The fraction of sp³-hybridized carbons (Fsp3) is 0.400. The molecular formula is C15H14Cl2N2O6S2. The largest absolute Gasteiger partial charge is 0.480 e. The number of sulfone groups is 1. The highest BCUT2D eigenvalue weighted by atomic mass is 35.5. The molecule has 0 aliphatic carbocycles. The Bertz CT molecular complexity index is 921. The third-order valence-electron chi connectivity index (χ3n) is 3.91. The SMILES string of the molecule is O=C(O)COCC(=O)N=C1S[C@@H]2CS(=O)(=O)C[C@@H]2N1c1ccc(Cl)cc1Cl. The summed E-state index contributed by atoms with van der Waals surface area (Å²) in [6, 6.07) is 4.36. The van der Waals surface area contributed by atoms with Gasteiger partial charge in [0.15, 0.2) is 15.0 Å². The number of amidine groups is 1. The lowest BCUT2D eigenvalue weighted by atomic mass is 10.2. The summed E-state index contributed by atoms with van der Waals surface area (Å²) in [7, 11) is -3.20. The summed E-state index contributed by atoms with van der Waals surface area (Å²) < 4.78 is 28.8. The normalized spacial score (nSPS) is 25.0. The summed E-state index contributed by atoms with van der Waals surface area (Å²) in [4.78, 5) is 28.1. The summed E-state index contributed by atoms with van der Waals surface area (Å²) in [5, 5.41) is 9.28. The maximum absolute atomic E-state index is 12.0. The molecular weight excluding hydrogens is 439 g/mol. The molecule has 12 heteroatoms. The van der Waals surface area contributed by atoms with Crippen LogP contribution in [0, 0.1) is 0 Å². The minimum absolute atomic E-state index is 0.0211. The number of carbonyl (C=O) groups is 2. The first-order valence-corrected chi connectivity index (χ1v) is 11.1. The number of hydrogen-bond acceptors (Lipinski definition) is 6. The molecule has 2 fully saturated rings. The molecule has 0 radical (unpaired) electrons. The minimum Gasteiger partial charge on any atom is -0.480 e. The maximum Gasteiger partial charge on any atom is 0.329 e. The van der Waals surface area contributed by atoms with E-state index in [9.17, 15) is 18.0 Å². The molecule has 1 amide bonds. The van der Waals surface area contributed by atoms with Crippen LogP contribution < -0.4 is 4.90 Å². The number of hydrogen-bond donors (Lipinski definition) is 1. The third-order valence-corrected chi connectivity index (χ3v) is 7.65. The van der Waals surface area contributed by atoms with Gasteiger partial charge in [0.05, 0.1) is 28.3 Å². The first-order chi connectivity index (χ1) is 12.7. The number of aliphatic carboxylic acids is 1. The van der Waals surface area contributed by atoms with Gasteiger partial charge in [-0.15, -0.1) is 0 Å². The van der Waals surface area contributed by atoms with Gasteiger partial charge < -0.3 is 14.7 Å². The quantitative estimate of drug-likeness (QED) is 0.717. The van der Waals surface area contributed by atoms with E-state index in [0.29, 0.717) is 20.9 Å². The predicted octanol–water partition coefficient (Wildman–Crippen LogP) is 1.70. The molecule has 1 aromatic rings. The van der Waals surface area contributed by atoms with Crippen molar-refractivity contribution in [3.63, 3.8) is 0 Å². The minimum atomic E-state index is -3.20. The van der Waals surface area contributed by atoms with Crippen molar-refractivity contribution in [1.82, 2.24) is 0 Å². The van der Waals surface area contributed by atoms with E-state index in [1.165, 1.54) is 17.8 Å². The number of nitrogens with zero attached hydrogens (tertiary/aromatic N) is 2. The zero-order valence-electron chi connectivity index (χ0n) is 13.7. The Morgan fingerprint density at radius 1 is 1.30 bits per heavy atom. The maximum atomic E-state index is 12.0. The third kappa shape index (κ3) is 4.75. The summed E-state index contributed by atoms with van der Waals surface area (Å²) >= 11 is 13.4. The number of fused-ring (bicyclic) bond motifs is 1. The van der Waals surface area contributed by atoms with Crippen molar-refractivity contribution in [2.24, 2.45) is 4.99 Å². The van der Waals surface area contributed by atoms with Gasteiger partial charge in [-0.25, -0.2) is 13.2 Å². The molecule has 0 bridgehead atoms. The van der Waals surface area contributed by atoms with Gasteiger partial charge in [0.25, 0.3) is 5.91 Å². The number of halogens is 2. The first kappa shape index (κ1) is 20.4. The van der Waals surface area contributed by atoms with Gasteiger partial charge in [-0.3, -0.25) is 4.79 Å². The second kappa shape index (κ2) is 7.96. The lowest BCUT2D eigenvalue weighted by Crippen LogP contribution is -2.38. The standard InChI is InChI=1S/C15H14Cl2N2O6S2/c16-8-1-2-10(9(17)3-8)19-11-6-27(23,24)7-12(11)26-15(19)18-13(20)4-25-5-14(21)22/h1-3,11-12H,4-7H2,(H,21,22)/t11-,12+/m0/s1. The molecule has 8 nitrogen and oxygen atoms in total. The summed E-state index contributed by atoms with van der Waals surface area (Å²) in [5.41, 5.74) is 0.496. The van der Waals surface area contributed by atoms with Gasteiger partial charge in [-0.2, -0.15) is 4.99 Å². The van der Waals surface area contributed by atoms with Crippen LogP contribution in [0.3, 0.4) is 0 Å². The number of benzene rings is 1. The number of ether oxygens (including phenoxy) is 1. The number of rotatable bonds is 5. The molecule has 1 N–H and O–H groups in total. The van der Waals surface area contributed by atoms with Crippen LogP contribution in [-0.4, -0.2) is 66.6 Å². The highest BCUT2D eigenvalue weighted by Gasteiger charge is 2.49. The number of carbonyl (C=O) groups excluding carboxylic acids is 1. The number of carboxylic acid groups (broad SMARTS) is 1. The lowest BCUT2D eigenvalue weighted by Gasteiger charge is -2.25. The van der Waals surface area contributed by atoms with Crippen LogP contribution in [0.4, 0.5) is 5.69 Å². The van der Waals surface area contributed by atoms with Crippen molar-refractivity contribution in [1.29, 1.82) is 0 Å². The molecule has 0 unspecified atom stereocenters. The molecule has 2 atom stereocenters. The van der Waals surface area contributed by atoms with E-state index in [0.717, 1.165) is 0 Å². The Balaban J connectivity index is 1.89. The smallest absolute Gasteiger partial charge is 0.329 e. The first-order valence-electron chi connectivity index (χ1n) is 7.69. The highest BCUT2D eigenvalue weighted by molar-refractivity contribution is 8.16. The van der Waals surface area contributed by atoms with Crippen LogP contribution in [0.15, 0.2) is 23.2 Å². The predicted molar refractivity (Wildman–Crippen MR) is 104 cm³/mol.